The van der Waals surface area contributed by atoms with Gasteiger partial charge in [-0.15, -0.1) is 0 Å². The molecule has 8 rings (SSSR count). The van der Waals surface area contributed by atoms with Crippen LogP contribution in [0.25, 0.3) is 22.3 Å². The van der Waals surface area contributed by atoms with Gasteiger partial charge < -0.3 is 28.1 Å². The number of hydrogen-bond donors (Lipinski definition) is 0. The normalized spacial score (nSPS) is 10.9. The number of rotatable bonds is 16. The molecule has 58 heavy (non-hydrogen) atoms. The zero-order valence-corrected chi connectivity index (χ0v) is 32.1. The Bertz CT molecular complexity index is 2630. The van der Waals surface area contributed by atoms with E-state index in [2.05, 4.69) is 0 Å². The summed E-state index contributed by atoms with van der Waals surface area (Å²) in [5, 5.41) is 0.246. The molecule has 288 valence electrons. The molecule has 0 aliphatic heterocycles. The zero-order chi connectivity index (χ0) is 39.5. The van der Waals surface area contributed by atoms with Gasteiger partial charge >= 0.3 is 0 Å². The first-order valence-corrected chi connectivity index (χ1v) is 19.2. The van der Waals surface area contributed by atoms with Gasteiger partial charge in [0.25, 0.3) is 0 Å². The second-order valence-corrected chi connectivity index (χ2v) is 13.8. The van der Waals surface area contributed by atoms with Crippen molar-refractivity contribution < 1.29 is 28.1 Å². The van der Waals surface area contributed by atoms with Gasteiger partial charge in [-0.25, -0.2) is 0 Å². The third kappa shape index (κ3) is 9.06. The van der Waals surface area contributed by atoms with Crippen LogP contribution in [-0.2, 0) is 33.0 Å². The summed E-state index contributed by atoms with van der Waals surface area (Å²) in [6.07, 6.45) is 0. The third-order valence-corrected chi connectivity index (χ3v) is 9.68. The highest BCUT2D eigenvalue weighted by atomic mass is 16.5. The topological polar surface area (TPSA) is 76.4 Å². The summed E-state index contributed by atoms with van der Waals surface area (Å²) >= 11 is 0. The predicted molar refractivity (Wildman–Crippen MR) is 227 cm³/mol. The van der Waals surface area contributed by atoms with E-state index >= 15 is 0 Å². The van der Waals surface area contributed by atoms with Crippen LogP contribution in [0, 0.1) is 6.92 Å². The van der Waals surface area contributed by atoms with Gasteiger partial charge in [-0.1, -0.05) is 152 Å². The zero-order valence-electron chi connectivity index (χ0n) is 32.1. The molecule has 0 bridgehead atoms. The van der Waals surface area contributed by atoms with Gasteiger partial charge in [0.2, 0.25) is 11.2 Å². The maximum absolute atomic E-state index is 14.9. The Morgan fingerprint density at radius 1 is 0.431 bits per heavy atom. The van der Waals surface area contributed by atoms with Crippen LogP contribution in [0.5, 0.6) is 28.7 Å². The van der Waals surface area contributed by atoms with Gasteiger partial charge in [-0.2, -0.15) is 0 Å². The molecule has 8 aromatic rings. The van der Waals surface area contributed by atoms with Gasteiger partial charge in [0.15, 0.2) is 17.3 Å². The summed E-state index contributed by atoms with van der Waals surface area (Å²) in [6.45, 7) is 3.25. The molecule has 0 unspecified atom stereocenters. The van der Waals surface area contributed by atoms with Gasteiger partial charge in [0.1, 0.15) is 55.5 Å². The van der Waals surface area contributed by atoms with Crippen LogP contribution in [-0.4, -0.2) is 0 Å². The Morgan fingerprint density at radius 2 is 0.845 bits per heavy atom. The minimum Gasteiger partial charge on any atom is -0.489 e. The van der Waals surface area contributed by atoms with E-state index in [-0.39, 0.29) is 41.1 Å². The quantitative estimate of drug-likeness (QED) is 0.0969. The SMILES string of the molecule is Cc1c(-c2oc3cc(OCc4ccccc4)cc(OCc4ccccc4)c3c(=O)c2OCc2ccccc2)ccc(OCc2ccccc2)c1OCc1ccccc1. The second-order valence-electron chi connectivity index (χ2n) is 13.8. The van der Waals surface area contributed by atoms with Crippen LogP contribution in [0.15, 0.2) is 185 Å². The fourth-order valence-corrected chi connectivity index (χ4v) is 6.63. The van der Waals surface area contributed by atoms with Gasteiger partial charge in [-0.3, -0.25) is 4.79 Å². The summed E-state index contributed by atoms with van der Waals surface area (Å²) < 4.78 is 38.9. The first kappa shape index (κ1) is 37.7. The summed E-state index contributed by atoms with van der Waals surface area (Å²) in [4.78, 5) is 14.9. The summed E-state index contributed by atoms with van der Waals surface area (Å²) in [7, 11) is 0. The fourth-order valence-electron chi connectivity index (χ4n) is 6.63. The first-order chi connectivity index (χ1) is 28.6. The van der Waals surface area contributed by atoms with Gasteiger partial charge in [0, 0.05) is 23.3 Å². The largest absolute Gasteiger partial charge is 0.489 e. The molecule has 1 aromatic heterocycles. The van der Waals surface area contributed by atoms with E-state index in [1.165, 1.54) is 0 Å². The lowest BCUT2D eigenvalue weighted by atomic mass is 10.0. The highest BCUT2D eigenvalue weighted by Gasteiger charge is 2.25. The molecule has 0 saturated carbocycles. The highest BCUT2D eigenvalue weighted by Crippen LogP contribution is 2.43. The Hall–Kier alpha value is -7.25. The van der Waals surface area contributed by atoms with Crippen molar-refractivity contribution >= 4 is 11.0 Å². The molecule has 7 heteroatoms. The molecule has 0 aliphatic rings. The highest BCUT2D eigenvalue weighted by molar-refractivity contribution is 5.89. The van der Waals surface area contributed by atoms with E-state index < -0.39 is 0 Å². The van der Waals surface area contributed by atoms with Crippen LogP contribution in [0.3, 0.4) is 0 Å². The molecule has 0 fully saturated rings. The van der Waals surface area contributed by atoms with E-state index in [1.54, 1.807) is 12.1 Å². The molecule has 0 N–H and O–H groups in total. The van der Waals surface area contributed by atoms with Gasteiger partial charge in [0.05, 0.1) is 0 Å². The van der Waals surface area contributed by atoms with Crippen molar-refractivity contribution in [1.82, 2.24) is 0 Å². The van der Waals surface area contributed by atoms with Crippen LogP contribution < -0.4 is 29.1 Å². The number of ether oxygens (including phenoxy) is 5. The number of fused-ring (bicyclic) bond motifs is 1. The Morgan fingerprint density at radius 3 is 1.33 bits per heavy atom. The third-order valence-electron chi connectivity index (χ3n) is 9.68. The second kappa shape index (κ2) is 18.1. The minimum atomic E-state index is -0.375. The predicted octanol–water partition coefficient (Wildman–Crippen LogP) is 11.7. The molecular weight excluding hydrogens is 725 g/mol. The number of hydrogen-bond acceptors (Lipinski definition) is 7. The van der Waals surface area contributed by atoms with Crippen LogP contribution in [0.2, 0.25) is 0 Å². The Kier molecular flexibility index (Phi) is 11.8. The van der Waals surface area contributed by atoms with E-state index in [9.17, 15) is 4.79 Å². The average Bonchev–Trinajstić information content (AvgIpc) is 3.28. The lowest BCUT2D eigenvalue weighted by Gasteiger charge is -2.20. The minimum absolute atomic E-state index is 0.0499. The molecule has 1 heterocycles. The van der Waals surface area contributed by atoms with Crippen LogP contribution >= 0.6 is 0 Å². The summed E-state index contributed by atoms with van der Waals surface area (Å²) in [5.41, 5.74) is 6.09. The van der Waals surface area contributed by atoms with Crippen LogP contribution in [0.4, 0.5) is 0 Å². The molecule has 0 aliphatic carbocycles. The summed E-state index contributed by atoms with van der Waals surface area (Å²) in [5.74, 6) is 2.19. The van der Waals surface area contributed by atoms with Crippen molar-refractivity contribution in [3.8, 4) is 40.1 Å². The lowest BCUT2D eigenvalue weighted by molar-refractivity contribution is 0.254. The maximum atomic E-state index is 14.9. The lowest BCUT2D eigenvalue weighted by Crippen LogP contribution is -2.12. The van der Waals surface area contributed by atoms with E-state index in [0.29, 0.717) is 53.9 Å². The van der Waals surface area contributed by atoms with Gasteiger partial charge in [-0.05, 0) is 46.9 Å². The number of benzene rings is 7. The van der Waals surface area contributed by atoms with E-state index in [1.807, 2.05) is 171 Å². The Balaban J connectivity index is 1.26. The molecule has 7 nitrogen and oxygen atoms in total. The monoisotopic (exact) mass is 766 g/mol. The van der Waals surface area contributed by atoms with Crippen molar-refractivity contribution in [2.45, 2.75) is 40.0 Å². The maximum Gasteiger partial charge on any atom is 0.239 e. The van der Waals surface area contributed by atoms with Crippen molar-refractivity contribution in [3.05, 3.63) is 220 Å². The van der Waals surface area contributed by atoms with E-state index in [0.717, 1.165) is 27.8 Å². The molecule has 0 spiro atoms. The van der Waals surface area contributed by atoms with Crippen LogP contribution in [0.1, 0.15) is 33.4 Å². The van der Waals surface area contributed by atoms with Crippen molar-refractivity contribution in [2.24, 2.45) is 0 Å². The fraction of sp³-hybridized carbons (Fsp3) is 0.118. The van der Waals surface area contributed by atoms with Crippen molar-refractivity contribution in [1.29, 1.82) is 0 Å². The first-order valence-electron chi connectivity index (χ1n) is 19.2. The smallest absolute Gasteiger partial charge is 0.239 e. The van der Waals surface area contributed by atoms with E-state index in [4.69, 9.17) is 28.1 Å². The summed E-state index contributed by atoms with van der Waals surface area (Å²) in [6, 6.07) is 56.5. The Labute approximate surface area is 337 Å². The molecule has 7 aromatic carbocycles. The molecular formula is C51H42O7. The molecule has 0 saturated heterocycles. The molecule has 0 amide bonds. The van der Waals surface area contributed by atoms with Crippen molar-refractivity contribution in [3.63, 3.8) is 0 Å². The molecule has 0 radical (unpaired) electrons. The van der Waals surface area contributed by atoms with Crippen molar-refractivity contribution in [2.75, 3.05) is 0 Å². The molecule has 0 atom stereocenters. The standard InChI is InChI=1S/C51H42O7/c1-36-43(27-28-44(54-32-38-19-9-3-10-20-38)49(36)56-34-40-23-13-5-14-24-40)50-51(57-35-41-25-15-6-16-26-41)48(52)47-45(55-33-39-21-11-4-12-22-39)29-42(30-46(47)58-50)53-31-37-17-7-2-8-18-37/h2-30H,31-35H2,1H3. The average molecular weight is 767 g/mol.